The first kappa shape index (κ1) is 16.3. The lowest BCUT2D eigenvalue weighted by Crippen LogP contribution is -2.25. The zero-order valence-electron chi connectivity index (χ0n) is 15.3. The Balaban J connectivity index is 1.72. The quantitative estimate of drug-likeness (QED) is 0.492. The molecule has 4 aromatic rings. The van der Waals surface area contributed by atoms with Gasteiger partial charge in [-0.3, -0.25) is 4.98 Å². The summed E-state index contributed by atoms with van der Waals surface area (Å²) in [6.07, 6.45) is 1.80. The molecule has 0 bridgehead atoms. The van der Waals surface area contributed by atoms with Crippen molar-refractivity contribution in [3.8, 4) is 27.8 Å². The Morgan fingerprint density at radius 3 is 2.96 bits per heavy atom. The zero-order valence-corrected chi connectivity index (χ0v) is 16.1. The molecule has 1 aliphatic rings. The third-order valence-corrected chi connectivity index (χ3v) is 5.74. The summed E-state index contributed by atoms with van der Waals surface area (Å²) in [6, 6.07) is 10.2. The monoisotopic (exact) mass is 378 g/mol. The van der Waals surface area contributed by atoms with E-state index in [1.807, 2.05) is 25.1 Å². The highest BCUT2D eigenvalue weighted by Gasteiger charge is 2.22. The fraction of sp³-hybridized carbons (Fsp3) is 0.238. The number of ether oxygens (including phenoxy) is 3. The van der Waals surface area contributed by atoms with Gasteiger partial charge in [0.15, 0.2) is 11.5 Å². The van der Waals surface area contributed by atoms with Gasteiger partial charge < -0.3 is 14.2 Å². The smallest absolute Gasteiger partial charge is 0.180 e. The molecule has 2 aromatic carbocycles. The van der Waals surface area contributed by atoms with Gasteiger partial charge in [0.1, 0.15) is 28.2 Å². The number of aryl methyl sites for hydroxylation is 1. The highest BCUT2D eigenvalue weighted by atomic mass is 32.1. The van der Waals surface area contributed by atoms with Crippen molar-refractivity contribution in [1.82, 2.24) is 9.97 Å². The molecule has 5 nitrogen and oxygen atoms in total. The van der Waals surface area contributed by atoms with Gasteiger partial charge in [-0.1, -0.05) is 0 Å². The van der Waals surface area contributed by atoms with E-state index in [2.05, 4.69) is 24.0 Å². The minimum absolute atomic E-state index is 0.0576. The number of fused-ring (bicyclic) bond motifs is 4. The molecule has 3 heterocycles. The van der Waals surface area contributed by atoms with Gasteiger partial charge in [0.05, 0.1) is 24.3 Å². The second-order valence-corrected chi connectivity index (χ2v) is 7.76. The summed E-state index contributed by atoms with van der Waals surface area (Å²) < 4.78 is 18.2. The predicted octanol–water partition coefficient (Wildman–Crippen LogP) is 4.99. The molecule has 2 aromatic heterocycles. The summed E-state index contributed by atoms with van der Waals surface area (Å²) in [5.74, 6) is 2.33. The largest absolute Gasteiger partial charge is 0.495 e. The van der Waals surface area contributed by atoms with Gasteiger partial charge in [-0.05, 0) is 49.7 Å². The first-order valence-corrected chi connectivity index (χ1v) is 9.62. The summed E-state index contributed by atoms with van der Waals surface area (Å²) in [5.41, 5.74) is 4.00. The van der Waals surface area contributed by atoms with Gasteiger partial charge in [-0.2, -0.15) is 0 Å². The Hall–Kier alpha value is -2.86. The highest BCUT2D eigenvalue weighted by molar-refractivity contribution is 7.22. The van der Waals surface area contributed by atoms with Crippen molar-refractivity contribution in [1.29, 1.82) is 0 Å². The molecule has 27 heavy (non-hydrogen) atoms. The number of methoxy groups -OCH3 is 1. The van der Waals surface area contributed by atoms with E-state index in [1.165, 1.54) is 0 Å². The van der Waals surface area contributed by atoms with Crippen molar-refractivity contribution in [2.45, 2.75) is 20.0 Å². The van der Waals surface area contributed by atoms with E-state index in [0.29, 0.717) is 6.61 Å². The lowest BCUT2D eigenvalue weighted by molar-refractivity contribution is 0.106. The number of benzene rings is 2. The Morgan fingerprint density at radius 2 is 2.11 bits per heavy atom. The molecule has 0 saturated heterocycles. The van der Waals surface area contributed by atoms with Gasteiger partial charge in [-0.25, -0.2) is 4.98 Å². The maximum atomic E-state index is 5.95. The van der Waals surface area contributed by atoms with Crippen LogP contribution in [-0.4, -0.2) is 29.8 Å². The molecule has 0 unspecified atom stereocenters. The maximum Gasteiger partial charge on any atom is 0.180 e. The molecule has 0 saturated carbocycles. The topological polar surface area (TPSA) is 53.5 Å². The summed E-state index contributed by atoms with van der Waals surface area (Å²) in [7, 11) is 1.65. The first-order chi connectivity index (χ1) is 13.1. The third kappa shape index (κ3) is 2.68. The lowest BCUT2D eigenvalue weighted by atomic mass is 10.1. The van der Waals surface area contributed by atoms with Crippen molar-refractivity contribution in [2.75, 3.05) is 13.7 Å². The van der Waals surface area contributed by atoms with Gasteiger partial charge in [0, 0.05) is 10.9 Å². The van der Waals surface area contributed by atoms with E-state index in [1.54, 1.807) is 24.6 Å². The number of thiazole rings is 1. The van der Waals surface area contributed by atoms with E-state index >= 15 is 0 Å². The van der Waals surface area contributed by atoms with Crippen molar-refractivity contribution in [3.05, 3.63) is 42.1 Å². The number of rotatable bonds is 2. The zero-order chi connectivity index (χ0) is 18.5. The van der Waals surface area contributed by atoms with Gasteiger partial charge in [0.2, 0.25) is 0 Å². The summed E-state index contributed by atoms with van der Waals surface area (Å²) in [4.78, 5) is 9.48. The standard InChI is InChI=1S/C21H18N2O3S/c1-11-6-13-8-14(24-3)9-22-18(13)15(7-11)21-23-16-4-5-17-19(20(16)27-21)25-10-12(2)26-17/h4-9,12H,10H2,1-3H3/t12-/m1/s1. The van der Waals surface area contributed by atoms with Crippen LogP contribution in [0.15, 0.2) is 36.5 Å². The summed E-state index contributed by atoms with van der Waals surface area (Å²) >= 11 is 1.61. The van der Waals surface area contributed by atoms with Crippen molar-refractivity contribution >= 4 is 32.5 Å². The van der Waals surface area contributed by atoms with E-state index in [-0.39, 0.29) is 6.10 Å². The number of pyridine rings is 1. The molecule has 0 N–H and O–H groups in total. The minimum atomic E-state index is 0.0576. The SMILES string of the molecule is COc1cnc2c(-c3nc4ccc5c(c4s3)OC[C@@H](C)O5)cc(C)cc2c1. The van der Waals surface area contributed by atoms with E-state index in [0.717, 1.165) is 54.5 Å². The van der Waals surface area contributed by atoms with Crippen LogP contribution in [0.25, 0.3) is 31.7 Å². The first-order valence-electron chi connectivity index (χ1n) is 8.80. The normalized spacial score (nSPS) is 16.0. The number of aromatic nitrogens is 2. The Morgan fingerprint density at radius 1 is 1.22 bits per heavy atom. The average Bonchev–Trinajstić information content (AvgIpc) is 3.11. The predicted molar refractivity (Wildman–Crippen MR) is 107 cm³/mol. The van der Waals surface area contributed by atoms with Crippen LogP contribution in [0.3, 0.4) is 0 Å². The van der Waals surface area contributed by atoms with Crippen LogP contribution in [0.4, 0.5) is 0 Å². The molecule has 0 amide bonds. The maximum absolute atomic E-state index is 5.95. The van der Waals surface area contributed by atoms with Crippen molar-refractivity contribution in [3.63, 3.8) is 0 Å². The summed E-state index contributed by atoms with van der Waals surface area (Å²) in [6.45, 7) is 4.63. The molecule has 6 heteroatoms. The van der Waals surface area contributed by atoms with Crippen LogP contribution in [0.5, 0.6) is 17.2 Å². The van der Waals surface area contributed by atoms with E-state index < -0.39 is 0 Å². The Labute approximate surface area is 160 Å². The summed E-state index contributed by atoms with van der Waals surface area (Å²) in [5, 5.41) is 1.96. The second-order valence-electron chi connectivity index (χ2n) is 6.76. The van der Waals surface area contributed by atoms with Crippen LogP contribution in [0, 0.1) is 6.92 Å². The molecule has 1 aliphatic heterocycles. The molecule has 0 aliphatic carbocycles. The fourth-order valence-electron chi connectivity index (χ4n) is 3.40. The van der Waals surface area contributed by atoms with Gasteiger partial charge >= 0.3 is 0 Å². The number of hydrogen-bond donors (Lipinski definition) is 0. The van der Waals surface area contributed by atoms with E-state index in [4.69, 9.17) is 19.2 Å². The van der Waals surface area contributed by atoms with Gasteiger partial charge in [0.25, 0.3) is 0 Å². The second kappa shape index (κ2) is 6.09. The van der Waals surface area contributed by atoms with Crippen molar-refractivity contribution < 1.29 is 14.2 Å². The molecule has 1 atom stereocenters. The minimum Gasteiger partial charge on any atom is -0.495 e. The van der Waals surface area contributed by atoms with Crippen LogP contribution in [0.2, 0.25) is 0 Å². The van der Waals surface area contributed by atoms with Crippen LogP contribution >= 0.6 is 11.3 Å². The lowest BCUT2D eigenvalue weighted by Gasteiger charge is -2.23. The van der Waals surface area contributed by atoms with Gasteiger partial charge in [-0.15, -0.1) is 11.3 Å². The number of hydrogen-bond acceptors (Lipinski definition) is 6. The van der Waals surface area contributed by atoms with E-state index in [9.17, 15) is 0 Å². The third-order valence-electron chi connectivity index (χ3n) is 4.64. The molecular formula is C21H18N2O3S. The average molecular weight is 378 g/mol. The molecule has 0 radical (unpaired) electrons. The fourth-order valence-corrected chi connectivity index (χ4v) is 4.47. The molecule has 136 valence electrons. The van der Waals surface area contributed by atoms with Crippen molar-refractivity contribution in [2.24, 2.45) is 0 Å². The number of nitrogens with zero attached hydrogens (tertiary/aromatic N) is 2. The Kier molecular flexibility index (Phi) is 3.68. The van der Waals surface area contributed by atoms with Crippen LogP contribution < -0.4 is 14.2 Å². The molecule has 5 rings (SSSR count). The molecule has 0 fully saturated rings. The van der Waals surface area contributed by atoms with Crippen LogP contribution in [0.1, 0.15) is 12.5 Å². The molecular weight excluding hydrogens is 360 g/mol. The molecule has 0 spiro atoms. The Bertz CT molecular complexity index is 1190. The van der Waals surface area contributed by atoms with Crippen LogP contribution in [-0.2, 0) is 0 Å². The highest BCUT2D eigenvalue weighted by Crippen LogP contribution is 2.44.